The molecule has 1 aromatic rings. The van der Waals surface area contributed by atoms with Gasteiger partial charge in [-0.05, 0) is 24.1 Å². The van der Waals surface area contributed by atoms with Crippen LogP contribution in [0.3, 0.4) is 0 Å². The fourth-order valence-electron chi connectivity index (χ4n) is 2.18. The molecule has 0 aromatic heterocycles. The third-order valence-corrected chi connectivity index (χ3v) is 4.07. The third-order valence-electron chi connectivity index (χ3n) is 3.54. The van der Waals surface area contributed by atoms with E-state index in [0.717, 1.165) is 10.0 Å². The monoisotopic (exact) mass is 339 g/mol. The van der Waals surface area contributed by atoms with Crippen molar-refractivity contribution in [2.24, 2.45) is 5.92 Å². The number of nitrogens with zero attached hydrogens (tertiary/aromatic N) is 1. The van der Waals surface area contributed by atoms with Crippen LogP contribution in [0.2, 0.25) is 0 Å². The highest BCUT2D eigenvalue weighted by Crippen LogP contribution is 2.19. The number of likely N-dealkylation sites (tertiary alicyclic amines) is 1. The zero-order valence-electron chi connectivity index (χ0n) is 11.5. The van der Waals surface area contributed by atoms with Crippen LogP contribution in [0.25, 0.3) is 0 Å². The quantitative estimate of drug-likeness (QED) is 0.791. The van der Waals surface area contributed by atoms with Crippen molar-refractivity contribution in [1.29, 1.82) is 0 Å². The summed E-state index contributed by atoms with van der Waals surface area (Å²) in [6.07, 6.45) is 1.66. The summed E-state index contributed by atoms with van der Waals surface area (Å²) >= 11 is 3.38. The van der Waals surface area contributed by atoms with Gasteiger partial charge in [-0.2, -0.15) is 0 Å². The van der Waals surface area contributed by atoms with Crippen molar-refractivity contribution >= 4 is 27.8 Å². The molecule has 0 saturated carbocycles. The smallest absolute Gasteiger partial charge is 0.309 e. The molecule has 5 heteroatoms. The van der Waals surface area contributed by atoms with E-state index < -0.39 is 0 Å². The van der Waals surface area contributed by atoms with E-state index in [9.17, 15) is 9.59 Å². The number of piperidine rings is 1. The highest BCUT2D eigenvalue weighted by Gasteiger charge is 2.29. The van der Waals surface area contributed by atoms with Crippen molar-refractivity contribution < 1.29 is 14.3 Å². The molecule has 20 heavy (non-hydrogen) atoms. The molecule has 1 fully saturated rings. The molecule has 1 heterocycles. The van der Waals surface area contributed by atoms with Crippen LogP contribution in [0.4, 0.5) is 0 Å². The predicted molar refractivity (Wildman–Crippen MR) is 79.2 cm³/mol. The second-order valence-corrected chi connectivity index (χ2v) is 5.96. The van der Waals surface area contributed by atoms with Gasteiger partial charge in [-0.15, -0.1) is 0 Å². The number of amides is 1. The Morgan fingerprint density at radius 1 is 1.40 bits per heavy atom. The summed E-state index contributed by atoms with van der Waals surface area (Å²) < 4.78 is 6.31. The molecule has 0 aliphatic carbocycles. The van der Waals surface area contributed by atoms with Gasteiger partial charge in [-0.1, -0.05) is 28.1 Å². The van der Waals surface area contributed by atoms with Crippen LogP contribution in [-0.2, 0) is 20.7 Å². The van der Waals surface area contributed by atoms with Crippen LogP contribution in [-0.4, -0.2) is 37.0 Å². The highest BCUT2D eigenvalue weighted by molar-refractivity contribution is 9.10. The van der Waals surface area contributed by atoms with Gasteiger partial charge < -0.3 is 9.64 Å². The maximum atomic E-state index is 11.9. The molecule has 4 nitrogen and oxygen atoms in total. The molecule has 0 bridgehead atoms. The molecule has 1 saturated heterocycles. The van der Waals surface area contributed by atoms with Crippen LogP contribution in [0.5, 0.6) is 0 Å². The second kappa shape index (κ2) is 6.88. The van der Waals surface area contributed by atoms with E-state index in [2.05, 4.69) is 15.9 Å². The molecule has 0 spiro atoms. The summed E-state index contributed by atoms with van der Waals surface area (Å²) in [4.78, 5) is 25.1. The Morgan fingerprint density at radius 2 is 2.10 bits per heavy atom. The Hall–Kier alpha value is -1.36. The molecule has 1 amide bonds. The van der Waals surface area contributed by atoms with Gasteiger partial charge in [-0.25, -0.2) is 0 Å². The van der Waals surface area contributed by atoms with Crippen molar-refractivity contribution in [2.45, 2.75) is 19.3 Å². The molecule has 1 aliphatic heterocycles. The number of benzene rings is 1. The fraction of sp³-hybridized carbons (Fsp3) is 0.467. The minimum Gasteiger partial charge on any atom is -0.465 e. The number of hydrogen-bond acceptors (Lipinski definition) is 3. The van der Waals surface area contributed by atoms with Crippen LogP contribution < -0.4 is 0 Å². The first kappa shape index (κ1) is 15.0. The molecule has 1 aliphatic rings. The van der Waals surface area contributed by atoms with Crippen molar-refractivity contribution in [1.82, 2.24) is 4.90 Å². The number of carbonyl (C=O) groups excluding carboxylic acids is 2. The molecule has 0 N–H and O–H groups in total. The Labute approximate surface area is 127 Å². The van der Waals surface area contributed by atoms with Crippen LogP contribution >= 0.6 is 15.9 Å². The van der Waals surface area contributed by atoms with E-state index >= 15 is 0 Å². The van der Waals surface area contributed by atoms with Crippen molar-refractivity contribution in [2.75, 3.05) is 20.2 Å². The van der Waals surface area contributed by atoms with E-state index in [4.69, 9.17) is 4.74 Å². The standard InChI is InChI=1S/C15H18BrNO3/c1-17-8-6-12(10-14(17)18)15(19)20-9-7-11-2-4-13(16)5-3-11/h2-5,12H,6-10H2,1H3. The van der Waals surface area contributed by atoms with Gasteiger partial charge in [-0.3, -0.25) is 9.59 Å². The Kier molecular flexibility index (Phi) is 5.17. The summed E-state index contributed by atoms with van der Waals surface area (Å²) in [5, 5.41) is 0. The lowest BCUT2D eigenvalue weighted by Gasteiger charge is -2.27. The SMILES string of the molecule is CN1CCC(C(=O)OCCc2ccc(Br)cc2)CC1=O. The van der Waals surface area contributed by atoms with Crippen molar-refractivity contribution in [3.05, 3.63) is 34.3 Å². The molecule has 2 rings (SSSR count). The molecular weight excluding hydrogens is 322 g/mol. The molecule has 1 aromatic carbocycles. The first-order valence-electron chi connectivity index (χ1n) is 6.71. The lowest BCUT2D eigenvalue weighted by molar-refractivity contribution is -0.154. The zero-order valence-corrected chi connectivity index (χ0v) is 13.1. The van der Waals surface area contributed by atoms with Gasteiger partial charge in [0, 0.05) is 30.9 Å². The topological polar surface area (TPSA) is 46.6 Å². The zero-order chi connectivity index (χ0) is 14.5. The van der Waals surface area contributed by atoms with E-state index in [1.807, 2.05) is 24.3 Å². The minimum atomic E-state index is -0.274. The van der Waals surface area contributed by atoms with Gasteiger partial charge in [0.05, 0.1) is 12.5 Å². The van der Waals surface area contributed by atoms with Crippen LogP contribution in [0.15, 0.2) is 28.7 Å². The van der Waals surface area contributed by atoms with Gasteiger partial charge in [0.1, 0.15) is 0 Å². The predicted octanol–water partition coefficient (Wildman–Crippen LogP) is 2.40. The lowest BCUT2D eigenvalue weighted by Crippen LogP contribution is -2.38. The average Bonchev–Trinajstić information content (AvgIpc) is 2.44. The van der Waals surface area contributed by atoms with Crippen LogP contribution in [0.1, 0.15) is 18.4 Å². The first-order valence-corrected chi connectivity index (χ1v) is 7.50. The molecule has 0 radical (unpaired) electrons. The number of esters is 1. The Morgan fingerprint density at radius 3 is 2.75 bits per heavy atom. The van der Waals surface area contributed by atoms with Crippen molar-refractivity contribution in [3.63, 3.8) is 0 Å². The summed E-state index contributed by atoms with van der Waals surface area (Å²) in [5.74, 6) is -0.502. The number of carbonyl (C=O) groups is 2. The van der Waals surface area contributed by atoms with Gasteiger partial charge in [0.15, 0.2) is 0 Å². The number of halogens is 1. The van der Waals surface area contributed by atoms with E-state index in [1.165, 1.54) is 0 Å². The van der Waals surface area contributed by atoms with Crippen LogP contribution in [0, 0.1) is 5.92 Å². The van der Waals surface area contributed by atoms with Gasteiger partial charge >= 0.3 is 5.97 Å². The van der Waals surface area contributed by atoms with E-state index in [-0.39, 0.29) is 24.2 Å². The Bertz CT molecular complexity index is 486. The number of hydrogen-bond donors (Lipinski definition) is 0. The summed E-state index contributed by atoms with van der Waals surface area (Å²) in [5.41, 5.74) is 1.13. The van der Waals surface area contributed by atoms with Gasteiger partial charge in [0.25, 0.3) is 0 Å². The number of ether oxygens (including phenoxy) is 1. The molecule has 1 atom stereocenters. The average molecular weight is 340 g/mol. The number of rotatable bonds is 4. The Balaban J connectivity index is 1.75. The van der Waals surface area contributed by atoms with Crippen molar-refractivity contribution in [3.8, 4) is 0 Å². The summed E-state index contributed by atoms with van der Waals surface area (Å²) in [6, 6.07) is 7.92. The van der Waals surface area contributed by atoms with E-state index in [0.29, 0.717) is 26.0 Å². The molecular formula is C15H18BrNO3. The largest absolute Gasteiger partial charge is 0.465 e. The maximum Gasteiger partial charge on any atom is 0.309 e. The maximum absolute atomic E-state index is 11.9. The fourth-order valence-corrected chi connectivity index (χ4v) is 2.45. The molecule has 1 unspecified atom stereocenters. The van der Waals surface area contributed by atoms with Gasteiger partial charge in [0.2, 0.25) is 5.91 Å². The second-order valence-electron chi connectivity index (χ2n) is 5.05. The third kappa shape index (κ3) is 4.07. The van der Waals surface area contributed by atoms with E-state index in [1.54, 1.807) is 11.9 Å². The highest BCUT2D eigenvalue weighted by atomic mass is 79.9. The lowest BCUT2D eigenvalue weighted by atomic mass is 9.97. The normalized spacial score (nSPS) is 19.0. The summed E-state index contributed by atoms with van der Waals surface area (Å²) in [6.45, 7) is 0.992. The minimum absolute atomic E-state index is 0.0195. The summed E-state index contributed by atoms with van der Waals surface area (Å²) in [7, 11) is 1.76. The first-order chi connectivity index (χ1) is 9.56. The molecule has 108 valence electrons.